The molecule has 0 fully saturated rings. The number of carbonyl (C=O) groups is 2. The normalized spacial score (nSPS) is 12.7. The van der Waals surface area contributed by atoms with Crippen molar-refractivity contribution in [3.05, 3.63) is 70.3 Å². The number of ether oxygens (including phenoxy) is 1. The van der Waals surface area contributed by atoms with Gasteiger partial charge in [-0.05, 0) is 67.6 Å². The lowest BCUT2D eigenvalue weighted by atomic mass is 9.99. The van der Waals surface area contributed by atoms with Crippen molar-refractivity contribution in [2.45, 2.75) is 52.2 Å². The summed E-state index contributed by atoms with van der Waals surface area (Å²) in [6, 6.07) is 7.23. The van der Waals surface area contributed by atoms with Crippen LogP contribution < -0.4 is 10.6 Å². The fourth-order valence-corrected chi connectivity index (χ4v) is 4.16. The summed E-state index contributed by atoms with van der Waals surface area (Å²) in [5.41, 5.74) is 1.73. The van der Waals surface area contributed by atoms with Crippen LogP contribution in [-0.2, 0) is 11.2 Å². The Balaban J connectivity index is 2.27. The second kappa shape index (κ2) is 15.4. The van der Waals surface area contributed by atoms with Crippen LogP contribution in [0.15, 0.2) is 36.4 Å². The molecule has 9 heteroatoms. The molecular formula is C28H39F2N3O4. The van der Waals surface area contributed by atoms with Crippen molar-refractivity contribution in [2.24, 2.45) is 0 Å². The van der Waals surface area contributed by atoms with E-state index in [0.29, 0.717) is 37.4 Å². The van der Waals surface area contributed by atoms with Crippen LogP contribution >= 0.6 is 0 Å². The summed E-state index contributed by atoms with van der Waals surface area (Å²) in [6.07, 6.45) is 0.599. The van der Waals surface area contributed by atoms with Gasteiger partial charge in [-0.3, -0.25) is 9.59 Å². The predicted molar refractivity (Wildman–Crippen MR) is 140 cm³/mol. The van der Waals surface area contributed by atoms with Gasteiger partial charge in [0.05, 0.1) is 18.8 Å². The first-order valence-electron chi connectivity index (χ1n) is 12.7. The van der Waals surface area contributed by atoms with Gasteiger partial charge >= 0.3 is 0 Å². The van der Waals surface area contributed by atoms with Gasteiger partial charge in [0.2, 0.25) is 0 Å². The molecule has 204 valence electrons. The number of benzene rings is 2. The maximum atomic E-state index is 13.8. The van der Waals surface area contributed by atoms with Gasteiger partial charge in [-0.25, -0.2) is 8.78 Å². The molecular weight excluding hydrogens is 480 g/mol. The van der Waals surface area contributed by atoms with Gasteiger partial charge in [-0.2, -0.15) is 0 Å². The van der Waals surface area contributed by atoms with E-state index in [4.69, 9.17) is 4.74 Å². The summed E-state index contributed by atoms with van der Waals surface area (Å²) in [5, 5.41) is 16.7. The number of aryl methyl sites for hydroxylation is 1. The SMILES string of the molecule is CCCN(CCC)C(=O)c1cc(C)cc(C(=O)N[C@@H](Cc2cc(F)cc(F)c2)[C@H](O)CNCCOC)c1. The molecule has 0 aliphatic carbocycles. The maximum Gasteiger partial charge on any atom is 0.253 e. The molecule has 2 atom stereocenters. The van der Waals surface area contributed by atoms with E-state index in [1.165, 1.54) is 12.1 Å². The monoisotopic (exact) mass is 519 g/mol. The number of halogens is 2. The van der Waals surface area contributed by atoms with Gasteiger partial charge in [-0.1, -0.05) is 13.8 Å². The number of amides is 2. The Hall–Kier alpha value is -2.88. The number of aliphatic hydroxyl groups excluding tert-OH is 1. The number of hydrogen-bond acceptors (Lipinski definition) is 5. The molecule has 37 heavy (non-hydrogen) atoms. The van der Waals surface area contributed by atoms with Crippen LogP contribution in [0.3, 0.4) is 0 Å². The lowest BCUT2D eigenvalue weighted by molar-refractivity contribution is 0.0755. The minimum Gasteiger partial charge on any atom is -0.390 e. The van der Waals surface area contributed by atoms with Crippen molar-refractivity contribution in [3.8, 4) is 0 Å². The Bertz CT molecular complexity index is 1010. The third kappa shape index (κ3) is 9.83. The van der Waals surface area contributed by atoms with Crippen molar-refractivity contribution < 1.29 is 28.2 Å². The van der Waals surface area contributed by atoms with Crippen LogP contribution in [-0.4, -0.2) is 73.9 Å². The van der Waals surface area contributed by atoms with Crippen molar-refractivity contribution in [2.75, 3.05) is 39.9 Å². The van der Waals surface area contributed by atoms with Gasteiger partial charge in [0.25, 0.3) is 11.8 Å². The molecule has 0 spiro atoms. The summed E-state index contributed by atoms with van der Waals surface area (Å²) in [5.74, 6) is -2.11. The number of methoxy groups -OCH3 is 1. The zero-order chi connectivity index (χ0) is 27.4. The molecule has 3 N–H and O–H groups in total. The first-order chi connectivity index (χ1) is 17.7. The number of carbonyl (C=O) groups excluding carboxylic acids is 2. The third-order valence-electron chi connectivity index (χ3n) is 5.86. The summed E-state index contributed by atoms with van der Waals surface area (Å²) < 4.78 is 32.6. The van der Waals surface area contributed by atoms with Crippen LogP contribution in [0.5, 0.6) is 0 Å². The van der Waals surface area contributed by atoms with E-state index in [-0.39, 0.29) is 24.4 Å². The van der Waals surface area contributed by atoms with E-state index in [0.717, 1.165) is 24.5 Å². The Kier molecular flexibility index (Phi) is 12.6. The standard InChI is InChI=1S/C28H39F2N3O4/c1-5-8-33(9-6-2)28(36)22-12-19(3)11-21(16-22)27(35)32-25(26(34)18-31-7-10-37-4)15-20-13-23(29)17-24(30)14-20/h11-14,16-17,25-26,31,34H,5-10,15,18H2,1-4H3,(H,32,35)/t25-,26+/m0/s1. The lowest BCUT2D eigenvalue weighted by Crippen LogP contribution is -2.49. The zero-order valence-electron chi connectivity index (χ0n) is 22.2. The molecule has 0 saturated carbocycles. The first-order valence-corrected chi connectivity index (χ1v) is 12.7. The molecule has 0 heterocycles. The molecule has 2 amide bonds. The summed E-state index contributed by atoms with van der Waals surface area (Å²) >= 11 is 0. The minimum atomic E-state index is -1.05. The van der Waals surface area contributed by atoms with E-state index < -0.39 is 29.7 Å². The highest BCUT2D eigenvalue weighted by molar-refractivity contribution is 6.00. The fourth-order valence-electron chi connectivity index (χ4n) is 4.16. The Morgan fingerprint density at radius 3 is 2.22 bits per heavy atom. The van der Waals surface area contributed by atoms with Gasteiger partial charge in [-0.15, -0.1) is 0 Å². The topological polar surface area (TPSA) is 90.9 Å². The summed E-state index contributed by atoms with van der Waals surface area (Å²) in [4.78, 5) is 28.2. The molecule has 0 bridgehead atoms. The molecule has 0 radical (unpaired) electrons. The quantitative estimate of drug-likeness (QED) is 0.314. The van der Waals surface area contributed by atoms with Gasteiger partial charge in [0.1, 0.15) is 11.6 Å². The Labute approximate surface area is 218 Å². The van der Waals surface area contributed by atoms with Crippen LogP contribution in [0.25, 0.3) is 0 Å². The fraction of sp³-hybridized carbons (Fsp3) is 0.500. The van der Waals surface area contributed by atoms with Crippen LogP contribution in [0.2, 0.25) is 0 Å². The second-order valence-electron chi connectivity index (χ2n) is 9.21. The molecule has 0 aliphatic heterocycles. The predicted octanol–water partition coefficient (Wildman–Crippen LogP) is 3.47. The van der Waals surface area contributed by atoms with Gasteiger partial charge in [0.15, 0.2) is 0 Å². The molecule has 2 rings (SSSR count). The number of rotatable bonds is 15. The van der Waals surface area contributed by atoms with Gasteiger partial charge in [0, 0.05) is 50.5 Å². The molecule has 0 unspecified atom stereocenters. The largest absolute Gasteiger partial charge is 0.390 e. The maximum absolute atomic E-state index is 13.8. The number of hydrogen-bond donors (Lipinski definition) is 3. The molecule has 2 aromatic carbocycles. The minimum absolute atomic E-state index is 0.00588. The van der Waals surface area contributed by atoms with E-state index in [1.54, 1.807) is 37.1 Å². The average Bonchev–Trinajstić information content (AvgIpc) is 2.84. The first kappa shape index (κ1) is 30.3. The average molecular weight is 520 g/mol. The number of nitrogens with one attached hydrogen (secondary N) is 2. The van der Waals surface area contributed by atoms with E-state index in [1.807, 2.05) is 13.8 Å². The molecule has 2 aromatic rings. The Morgan fingerprint density at radius 1 is 1.00 bits per heavy atom. The van der Waals surface area contributed by atoms with E-state index in [2.05, 4.69) is 10.6 Å². The smallest absolute Gasteiger partial charge is 0.253 e. The molecule has 0 aliphatic rings. The lowest BCUT2D eigenvalue weighted by Gasteiger charge is -2.25. The van der Waals surface area contributed by atoms with Gasteiger partial charge < -0.3 is 25.4 Å². The third-order valence-corrected chi connectivity index (χ3v) is 5.86. The summed E-state index contributed by atoms with van der Waals surface area (Å²) in [7, 11) is 1.56. The molecule has 0 aromatic heterocycles. The molecule has 7 nitrogen and oxygen atoms in total. The van der Waals surface area contributed by atoms with Crippen molar-refractivity contribution in [1.82, 2.24) is 15.5 Å². The summed E-state index contributed by atoms with van der Waals surface area (Å²) in [6.45, 7) is 8.11. The number of aliphatic hydroxyl groups is 1. The van der Waals surface area contributed by atoms with E-state index in [9.17, 15) is 23.5 Å². The highest BCUT2D eigenvalue weighted by Crippen LogP contribution is 2.16. The van der Waals surface area contributed by atoms with Crippen LogP contribution in [0.4, 0.5) is 8.78 Å². The Morgan fingerprint density at radius 2 is 1.62 bits per heavy atom. The molecule has 0 saturated heterocycles. The second-order valence-corrected chi connectivity index (χ2v) is 9.21. The van der Waals surface area contributed by atoms with Crippen molar-refractivity contribution in [1.29, 1.82) is 0 Å². The van der Waals surface area contributed by atoms with Crippen molar-refractivity contribution in [3.63, 3.8) is 0 Å². The van der Waals surface area contributed by atoms with Crippen LogP contribution in [0.1, 0.15) is 58.5 Å². The highest BCUT2D eigenvalue weighted by atomic mass is 19.1. The zero-order valence-corrected chi connectivity index (χ0v) is 22.2. The van der Waals surface area contributed by atoms with E-state index >= 15 is 0 Å². The van der Waals surface area contributed by atoms with Crippen molar-refractivity contribution >= 4 is 11.8 Å². The number of nitrogens with zero attached hydrogens (tertiary/aromatic N) is 1. The highest BCUT2D eigenvalue weighted by Gasteiger charge is 2.24. The van der Waals surface area contributed by atoms with Crippen LogP contribution in [0, 0.1) is 18.6 Å².